The smallest absolute Gasteiger partial charge is 0.161 e. The Morgan fingerprint density at radius 2 is 1.91 bits per heavy atom. The number of halogens is 2. The van der Waals surface area contributed by atoms with Gasteiger partial charge in [0, 0.05) is 31.5 Å². The fourth-order valence-corrected chi connectivity index (χ4v) is 4.48. The summed E-state index contributed by atoms with van der Waals surface area (Å²) in [6.45, 7) is 3.91. The van der Waals surface area contributed by atoms with Crippen molar-refractivity contribution in [2.75, 3.05) is 33.4 Å². The van der Waals surface area contributed by atoms with Gasteiger partial charge in [-0.1, -0.05) is 29.3 Å². The van der Waals surface area contributed by atoms with E-state index in [-0.39, 0.29) is 6.61 Å². The zero-order valence-corrected chi connectivity index (χ0v) is 21.3. The molecule has 1 N–H and O–H groups in total. The molecule has 2 heterocycles. The van der Waals surface area contributed by atoms with E-state index in [0.717, 1.165) is 49.7 Å². The number of aliphatic hydroxyl groups is 1. The van der Waals surface area contributed by atoms with E-state index >= 15 is 0 Å². The Morgan fingerprint density at radius 3 is 2.69 bits per heavy atom. The second kappa shape index (κ2) is 12.0. The highest BCUT2D eigenvalue weighted by Crippen LogP contribution is 2.31. The van der Waals surface area contributed by atoms with Crippen LogP contribution >= 0.6 is 23.2 Å². The van der Waals surface area contributed by atoms with Gasteiger partial charge in [-0.25, -0.2) is 4.98 Å². The summed E-state index contributed by atoms with van der Waals surface area (Å²) >= 11 is 12.0. The first-order valence-electron chi connectivity index (χ1n) is 11.7. The fourth-order valence-electron chi connectivity index (χ4n) is 4.19. The first-order chi connectivity index (χ1) is 16.9. The van der Waals surface area contributed by atoms with Gasteiger partial charge in [-0.2, -0.15) is 0 Å². The van der Waals surface area contributed by atoms with Gasteiger partial charge in [0.1, 0.15) is 19.0 Å². The zero-order valence-electron chi connectivity index (χ0n) is 19.8. The standard InChI is InChI=1S/C26H31Cl2N3O4/c1-33-25-15-20(3-6-24(25)34-14-13-31-12-9-29-19-31)17-30-10-2-7-26(32,8-11-30)18-35-21-4-5-22(27)23(28)16-21/h3-6,9,12,15-16,19,32H,2,7-8,10-11,13-14,17-18H2,1H3/t26-/m0/s1. The van der Waals surface area contributed by atoms with E-state index in [1.165, 1.54) is 0 Å². The number of aromatic nitrogens is 2. The van der Waals surface area contributed by atoms with Gasteiger partial charge in [0.2, 0.25) is 0 Å². The van der Waals surface area contributed by atoms with Crippen LogP contribution in [-0.2, 0) is 13.1 Å². The van der Waals surface area contributed by atoms with Crippen molar-refractivity contribution >= 4 is 23.2 Å². The monoisotopic (exact) mass is 519 g/mol. The van der Waals surface area contributed by atoms with E-state index in [2.05, 4.69) is 16.0 Å². The molecule has 9 heteroatoms. The number of hydrogen-bond donors (Lipinski definition) is 1. The summed E-state index contributed by atoms with van der Waals surface area (Å²) < 4.78 is 19.3. The molecule has 1 aliphatic heterocycles. The first kappa shape index (κ1) is 25.6. The second-order valence-corrected chi connectivity index (χ2v) is 9.67. The van der Waals surface area contributed by atoms with Gasteiger partial charge in [0.05, 0.1) is 35.6 Å². The zero-order chi connectivity index (χ0) is 24.7. The van der Waals surface area contributed by atoms with Gasteiger partial charge in [-0.15, -0.1) is 0 Å². The molecule has 1 aromatic heterocycles. The number of methoxy groups -OCH3 is 1. The molecule has 0 saturated carbocycles. The van der Waals surface area contributed by atoms with Crippen LogP contribution in [0.4, 0.5) is 0 Å². The molecule has 1 aliphatic rings. The Labute approximate surface area is 216 Å². The third-order valence-electron chi connectivity index (χ3n) is 6.21. The summed E-state index contributed by atoms with van der Waals surface area (Å²) in [7, 11) is 1.65. The molecular weight excluding hydrogens is 489 g/mol. The van der Waals surface area contributed by atoms with Crippen molar-refractivity contribution in [2.45, 2.75) is 38.0 Å². The fraction of sp³-hybridized carbons (Fsp3) is 0.423. The van der Waals surface area contributed by atoms with Crippen molar-refractivity contribution in [2.24, 2.45) is 0 Å². The minimum Gasteiger partial charge on any atom is -0.493 e. The van der Waals surface area contributed by atoms with E-state index in [1.807, 2.05) is 22.9 Å². The first-order valence-corrected chi connectivity index (χ1v) is 12.5. The summed E-state index contributed by atoms with van der Waals surface area (Å²) in [5, 5.41) is 12.1. The topological polar surface area (TPSA) is 69.0 Å². The van der Waals surface area contributed by atoms with Gasteiger partial charge in [-0.3, -0.25) is 4.90 Å². The highest BCUT2D eigenvalue weighted by molar-refractivity contribution is 6.42. The van der Waals surface area contributed by atoms with Crippen molar-refractivity contribution in [3.8, 4) is 17.2 Å². The largest absolute Gasteiger partial charge is 0.493 e. The van der Waals surface area contributed by atoms with Crippen LogP contribution in [0.3, 0.4) is 0 Å². The molecule has 35 heavy (non-hydrogen) atoms. The maximum Gasteiger partial charge on any atom is 0.161 e. The van der Waals surface area contributed by atoms with E-state index in [0.29, 0.717) is 35.2 Å². The van der Waals surface area contributed by atoms with Crippen molar-refractivity contribution in [3.63, 3.8) is 0 Å². The summed E-state index contributed by atoms with van der Waals surface area (Å²) in [6, 6.07) is 11.2. The van der Waals surface area contributed by atoms with Gasteiger partial charge in [-0.05, 0) is 55.6 Å². The van der Waals surface area contributed by atoms with Crippen LogP contribution in [0, 0.1) is 0 Å². The van der Waals surface area contributed by atoms with Crippen molar-refractivity contribution < 1.29 is 19.3 Å². The molecule has 0 unspecified atom stereocenters. The lowest BCUT2D eigenvalue weighted by Crippen LogP contribution is -2.37. The Balaban J connectivity index is 1.29. The van der Waals surface area contributed by atoms with Crippen LogP contribution in [0.25, 0.3) is 0 Å². The molecule has 0 bridgehead atoms. The Bertz CT molecular complexity index is 1100. The van der Waals surface area contributed by atoms with Gasteiger partial charge >= 0.3 is 0 Å². The average Bonchev–Trinajstić information content (AvgIpc) is 3.30. The summed E-state index contributed by atoms with van der Waals surface area (Å²) in [6.07, 6.45) is 7.62. The van der Waals surface area contributed by atoms with Gasteiger partial charge in [0.25, 0.3) is 0 Å². The highest BCUT2D eigenvalue weighted by Gasteiger charge is 2.31. The van der Waals surface area contributed by atoms with E-state index < -0.39 is 5.60 Å². The Morgan fingerprint density at radius 1 is 1.03 bits per heavy atom. The molecule has 0 amide bonds. The maximum absolute atomic E-state index is 11.1. The summed E-state index contributed by atoms with van der Waals surface area (Å²) in [5.41, 5.74) is 0.257. The van der Waals surface area contributed by atoms with Crippen LogP contribution in [-0.4, -0.2) is 58.6 Å². The van der Waals surface area contributed by atoms with Gasteiger partial charge in [0.15, 0.2) is 11.5 Å². The van der Waals surface area contributed by atoms with E-state index in [9.17, 15) is 5.11 Å². The number of ether oxygens (including phenoxy) is 3. The predicted octanol–water partition coefficient (Wildman–Crippen LogP) is 5.07. The molecule has 4 rings (SSSR count). The molecule has 7 nitrogen and oxygen atoms in total. The van der Waals surface area contributed by atoms with Crippen LogP contribution in [0.2, 0.25) is 10.0 Å². The number of hydrogen-bond acceptors (Lipinski definition) is 6. The Kier molecular flexibility index (Phi) is 8.78. The number of benzene rings is 2. The molecular formula is C26H31Cl2N3O4. The maximum atomic E-state index is 11.1. The lowest BCUT2D eigenvalue weighted by atomic mass is 9.96. The molecule has 1 saturated heterocycles. The van der Waals surface area contributed by atoms with Crippen LogP contribution in [0.15, 0.2) is 55.1 Å². The van der Waals surface area contributed by atoms with Crippen molar-refractivity contribution in [1.82, 2.24) is 14.5 Å². The molecule has 3 aromatic rings. The van der Waals surface area contributed by atoms with Crippen molar-refractivity contribution in [3.05, 3.63) is 70.7 Å². The predicted molar refractivity (Wildman–Crippen MR) is 137 cm³/mol. The Hall–Kier alpha value is -2.45. The quantitative estimate of drug-likeness (QED) is 0.403. The minimum absolute atomic E-state index is 0.220. The minimum atomic E-state index is -0.883. The third kappa shape index (κ3) is 7.27. The number of likely N-dealkylation sites (tertiary alicyclic amines) is 1. The summed E-state index contributed by atoms with van der Waals surface area (Å²) in [4.78, 5) is 6.39. The molecule has 0 radical (unpaired) electrons. The molecule has 188 valence electrons. The molecule has 2 aromatic carbocycles. The molecule has 1 fully saturated rings. The SMILES string of the molecule is COc1cc(CN2CCC[C@@](O)(COc3ccc(Cl)c(Cl)c3)CC2)ccc1OCCn1ccnc1. The molecule has 1 atom stereocenters. The van der Waals surface area contributed by atoms with Crippen LogP contribution in [0.1, 0.15) is 24.8 Å². The van der Waals surface area contributed by atoms with Crippen LogP contribution in [0.5, 0.6) is 17.2 Å². The average molecular weight is 520 g/mol. The number of imidazole rings is 1. The lowest BCUT2D eigenvalue weighted by Gasteiger charge is -2.27. The summed E-state index contributed by atoms with van der Waals surface area (Å²) in [5.74, 6) is 2.05. The van der Waals surface area contributed by atoms with Crippen LogP contribution < -0.4 is 14.2 Å². The number of nitrogens with zero attached hydrogens (tertiary/aromatic N) is 3. The third-order valence-corrected chi connectivity index (χ3v) is 6.95. The molecule has 0 aliphatic carbocycles. The number of rotatable bonds is 10. The van der Waals surface area contributed by atoms with Crippen molar-refractivity contribution in [1.29, 1.82) is 0 Å². The lowest BCUT2D eigenvalue weighted by molar-refractivity contribution is -0.0168. The van der Waals surface area contributed by atoms with E-state index in [4.69, 9.17) is 37.4 Å². The highest BCUT2D eigenvalue weighted by atomic mass is 35.5. The normalized spacial score (nSPS) is 18.7. The van der Waals surface area contributed by atoms with E-state index in [1.54, 1.807) is 37.8 Å². The van der Waals surface area contributed by atoms with Gasteiger partial charge < -0.3 is 23.9 Å². The molecule has 0 spiro atoms. The second-order valence-electron chi connectivity index (χ2n) is 8.85.